The second-order valence-electron chi connectivity index (χ2n) is 4.33. The van der Waals surface area contributed by atoms with Crippen LogP contribution in [-0.2, 0) is 4.79 Å². The molecule has 0 saturated heterocycles. The number of benzene rings is 1. The predicted octanol–water partition coefficient (Wildman–Crippen LogP) is 3.51. The van der Waals surface area contributed by atoms with Crippen LogP contribution >= 0.6 is 15.9 Å². The van der Waals surface area contributed by atoms with Crippen molar-refractivity contribution in [1.82, 2.24) is 4.90 Å². The monoisotopic (exact) mass is 312 g/mol. The van der Waals surface area contributed by atoms with Crippen LogP contribution in [0.5, 0.6) is 0 Å². The molecule has 0 spiro atoms. The Kier molecular flexibility index (Phi) is 6.98. The van der Waals surface area contributed by atoms with Gasteiger partial charge in [-0.1, -0.05) is 35.8 Å². The summed E-state index contributed by atoms with van der Waals surface area (Å²) >= 11 is 3.39. The lowest BCUT2D eigenvalue weighted by Crippen LogP contribution is -2.34. The van der Waals surface area contributed by atoms with E-state index in [2.05, 4.69) is 40.0 Å². The summed E-state index contributed by atoms with van der Waals surface area (Å²) < 4.78 is 0.972. The molecule has 0 aliphatic heterocycles. The number of carbonyl (C=O) groups excluding carboxylic acids is 1. The minimum atomic E-state index is 0.0509. The highest BCUT2D eigenvalue weighted by Crippen LogP contribution is 2.15. The minimum absolute atomic E-state index is 0.0509. The van der Waals surface area contributed by atoms with Gasteiger partial charge < -0.3 is 5.32 Å². The van der Waals surface area contributed by atoms with E-state index in [1.54, 1.807) is 0 Å². The largest absolute Gasteiger partial charge is 0.325 e. The number of halogens is 1. The van der Waals surface area contributed by atoms with Crippen molar-refractivity contribution in [1.29, 1.82) is 0 Å². The number of amides is 1. The van der Waals surface area contributed by atoms with Gasteiger partial charge in [-0.25, -0.2) is 0 Å². The molecule has 3 nitrogen and oxygen atoms in total. The Hall–Kier alpha value is -0.870. The zero-order chi connectivity index (χ0) is 13.4. The van der Waals surface area contributed by atoms with E-state index in [-0.39, 0.29) is 5.91 Å². The van der Waals surface area contributed by atoms with Gasteiger partial charge in [0.1, 0.15) is 0 Å². The summed E-state index contributed by atoms with van der Waals surface area (Å²) in [5.41, 5.74) is 0.835. The Morgan fingerprint density at radius 1 is 1.28 bits per heavy atom. The maximum atomic E-state index is 11.9. The molecular formula is C14H21BrN2O. The van der Waals surface area contributed by atoms with Gasteiger partial charge in [-0.2, -0.15) is 0 Å². The summed E-state index contributed by atoms with van der Waals surface area (Å²) in [6, 6.07) is 7.65. The molecule has 18 heavy (non-hydrogen) atoms. The second kappa shape index (κ2) is 8.27. The van der Waals surface area contributed by atoms with Crippen LogP contribution < -0.4 is 5.32 Å². The highest BCUT2D eigenvalue weighted by Gasteiger charge is 2.09. The van der Waals surface area contributed by atoms with Crippen molar-refractivity contribution in [3.05, 3.63) is 28.7 Å². The van der Waals surface area contributed by atoms with E-state index >= 15 is 0 Å². The van der Waals surface area contributed by atoms with Gasteiger partial charge in [-0.05, 0) is 44.1 Å². The molecule has 0 radical (unpaired) electrons. The lowest BCUT2D eigenvalue weighted by molar-refractivity contribution is -0.117. The van der Waals surface area contributed by atoms with Crippen molar-refractivity contribution in [2.75, 3.05) is 25.0 Å². The molecule has 1 amide bonds. The zero-order valence-electron chi connectivity index (χ0n) is 11.1. The second-order valence-corrected chi connectivity index (χ2v) is 5.25. The van der Waals surface area contributed by atoms with Crippen molar-refractivity contribution in [3.63, 3.8) is 0 Å². The lowest BCUT2D eigenvalue weighted by Gasteiger charge is -2.20. The van der Waals surface area contributed by atoms with Crippen molar-refractivity contribution >= 4 is 27.5 Å². The van der Waals surface area contributed by atoms with Crippen molar-refractivity contribution in [3.8, 4) is 0 Å². The fourth-order valence-corrected chi connectivity index (χ4v) is 2.27. The van der Waals surface area contributed by atoms with E-state index in [9.17, 15) is 4.79 Å². The Bertz CT molecular complexity index is 376. The maximum Gasteiger partial charge on any atom is 0.238 e. The molecular weight excluding hydrogens is 292 g/mol. The molecule has 0 atom stereocenters. The Morgan fingerprint density at radius 3 is 2.50 bits per heavy atom. The van der Waals surface area contributed by atoms with Gasteiger partial charge in [0.15, 0.2) is 0 Å². The molecule has 1 N–H and O–H groups in total. The minimum Gasteiger partial charge on any atom is -0.325 e. The van der Waals surface area contributed by atoms with Crippen LogP contribution in [0.4, 0.5) is 5.69 Å². The first-order valence-corrected chi connectivity index (χ1v) is 7.22. The number of nitrogens with zero attached hydrogens (tertiary/aromatic N) is 1. The van der Waals surface area contributed by atoms with Gasteiger partial charge in [0.25, 0.3) is 0 Å². The summed E-state index contributed by atoms with van der Waals surface area (Å²) in [5.74, 6) is 0.0509. The Morgan fingerprint density at radius 2 is 1.94 bits per heavy atom. The first-order chi connectivity index (χ1) is 8.65. The van der Waals surface area contributed by atoms with Gasteiger partial charge in [0, 0.05) is 10.2 Å². The summed E-state index contributed by atoms with van der Waals surface area (Å²) in [7, 11) is 0. The summed E-state index contributed by atoms with van der Waals surface area (Å²) in [4.78, 5) is 14.1. The van der Waals surface area contributed by atoms with Crippen LogP contribution in [0.15, 0.2) is 28.7 Å². The molecule has 0 fully saturated rings. The third kappa shape index (κ3) is 5.65. The quantitative estimate of drug-likeness (QED) is 0.835. The van der Waals surface area contributed by atoms with Gasteiger partial charge >= 0.3 is 0 Å². The first kappa shape index (κ1) is 15.2. The molecule has 1 aromatic carbocycles. The molecule has 0 aliphatic carbocycles. The highest BCUT2D eigenvalue weighted by atomic mass is 79.9. The topological polar surface area (TPSA) is 32.3 Å². The summed E-state index contributed by atoms with van der Waals surface area (Å²) in [5, 5.41) is 2.92. The lowest BCUT2D eigenvalue weighted by atomic mass is 10.3. The molecule has 0 bridgehead atoms. The molecule has 0 aromatic heterocycles. The van der Waals surface area contributed by atoms with Gasteiger partial charge in [0.05, 0.1) is 6.54 Å². The molecule has 4 heteroatoms. The average molecular weight is 313 g/mol. The number of nitrogens with one attached hydrogen (secondary N) is 1. The maximum absolute atomic E-state index is 11.9. The van der Waals surface area contributed by atoms with Crippen molar-refractivity contribution in [2.24, 2.45) is 0 Å². The zero-order valence-corrected chi connectivity index (χ0v) is 12.7. The molecule has 0 heterocycles. The Labute approximate surface area is 118 Å². The first-order valence-electron chi connectivity index (χ1n) is 6.43. The van der Waals surface area contributed by atoms with Crippen LogP contribution in [0.2, 0.25) is 0 Å². The van der Waals surface area contributed by atoms with Crippen LogP contribution in [-0.4, -0.2) is 30.4 Å². The number of anilines is 1. The average Bonchev–Trinajstić information content (AvgIpc) is 2.29. The summed E-state index contributed by atoms with van der Waals surface area (Å²) in [6.07, 6.45) is 2.15. The number of rotatable bonds is 7. The summed E-state index contributed by atoms with van der Waals surface area (Å²) in [6.45, 7) is 6.68. The fraction of sp³-hybridized carbons (Fsp3) is 0.500. The van der Waals surface area contributed by atoms with Gasteiger partial charge in [-0.15, -0.1) is 0 Å². The third-order valence-electron chi connectivity index (χ3n) is 2.56. The van der Waals surface area contributed by atoms with Gasteiger partial charge in [-0.3, -0.25) is 9.69 Å². The van der Waals surface area contributed by atoms with Crippen LogP contribution in [0.3, 0.4) is 0 Å². The van der Waals surface area contributed by atoms with E-state index < -0.39 is 0 Å². The van der Waals surface area contributed by atoms with Crippen LogP contribution in [0.25, 0.3) is 0 Å². The van der Waals surface area contributed by atoms with E-state index in [1.807, 2.05) is 24.3 Å². The standard InChI is InChI=1S/C14H21BrN2O/c1-3-8-17(9-4-2)11-14(18)16-13-7-5-6-12(15)10-13/h5-7,10H,3-4,8-9,11H2,1-2H3,(H,16,18). The SMILES string of the molecule is CCCN(CCC)CC(=O)Nc1cccc(Br)c1. The van der Waals surface area contributed by atoms with E-state index in [0.717, 1.165) is 36.1 Å². The normalized spacial score (nSPS) is 10.7. The molecule has 0 aliphatic rings. The molecule has 0 unspecified atom stereocenters. The van der Waals surface area contributed by atoms with E-state index in [4.69, 9.17) is 0 Å². The van der Waals surface area contributed by atoms with E-state index in [1.165, 1.54) is 0 Å². The fourth-order valence-electron chi connectivity index (χ4n) is 1.87. The Balaban J connectivity index is 2.49. The van der Waals surface area contributed by atoms with Crippen molar-refractivity contribution < 1.29 is 4.79 Å². The smallest absolute Gasteiger partial charge is 0.238 e. The molecule has 1 aromatic rings. The number of carbonyl (C=O) groups is 1. The highest BCUT2D eigenvalue weighted by molar-refractivity contribution is 9.10. The van der Waals surface area contributed by atoms with Crippen molar-refractivity contribution in [2.45, 2.75) is 26.7 Å². The number of hydrogen-bond donors (Lipinski definition) is 1. The van der Waals surface area contributed by atoms with Crippen LogP contribution in [0, 0.1) is 0 Å². The van der Waals surface area contributed by atoms with E-state index in [0.29, 0.717) is 6.54 Å². The predicted molar refractivity (Wildman–Crippen MR) is 79.8 cm³/mol. The molecule has 0 saturated carbocycles. The third-order valence-corrected chi connectivity index (χ3v) is 3.05. The number of hydrogen-bond acceptors (Lipinski definition) is 2. The molecule has 100 valence electrons. The van der Waals surface area contributed by atoms with Gasteiger partial charge in [0.2, 0.25) is 5.91 Å². The molecule has 1 rings (SSSR count). The van der Waals surface area contributed by atoms with Crippen LogP contribution in [0.1, 0.15) is 26.7 Å².